The van der Waals surface area contributed by atoms with E-state index in [1.165, 1.54) is 5.56 Å². The molecular weight excluding hydrogens is 284 g/mol. The number of carbonyl (C=O) groups excluding carboxylic acids is 2. The summed E-state index contributed by atoms with van der Waals surface area (Å²) in [6, 6.07) is 10.0. The number of unbranched alkanes of at least 4 members (excludes halogenated alkanes) is 1. The Balaban J connectivity index is 1.98. The van der Waals surface area contributed by atoms with E-state index in [0.717, 1.165) is 25.7 Å². The van der Waals surface area contributed by atoms with Crippen LogP contribution in [-0.4, -0.2) is 38.4 Å². The number of esters is 2. The van der Waals surface area contributed by atoms with Gasteiger partial charge in [0.1, 0.15) is 13.2 Å². The predicted octanol–water partition coefficient (Wildman–Crippen LogP) is 2.52. The average molecular weight is 308 g/mol. The lowest BCUT2D eigenvalue weighted by Crippen LogP contribution is -2.19. The molecule has 0 amide bonds. The molecule has 1 aromatic carbocycles. The predicted molar refractivity (Wildman–Crippen MR) is 82.4 cm³/mol. The van der Waals surface area contributed by atoms with Gasteiger partial charge >= 0.3 is 11.9 Å². The lowest BCUT2D eigenvalue weighted by atomic mass is 10.1. The van der Waals surface area contributed by atoms with Crippen LogP contribution in [-0.2, 0) is 30.2 Å². The lowest BCUT2D eigenvalue weighted by molar-refractivity contribution is -0.155. The molecule has 0 N–H and O–H groups in total. The van der Waals surface area contributed by atoms with E-state index in [-0.39, 0.29) is 13.2 Å². The highest BCUT2D eigenvalue weighted by Crippen LogP contribution is 2.02. The highest BCUT2D eigenvalue weighted by Gasteiger charge is 2.07. The van der Waals surface area contributed by atoms with Crippen molar-refractivity contribution in [2.75, 3.05) is 26.4 Å². The molecule has 5 heteroatoms. The smallest absolute Gasteiger partial charge is 0.332 e. The summed E-state index contributed by atoms with van der Waals surface area (Å²) in [6.07, 6.45) is 3.41. The molecule has 0 bridgehead atoms. The second-order valence-electron chi connectivity index (χ2n) is 4.88. The van der Waals surface area contributed by atoms with Gasteiger partial charge in [-0.2, -0.15) is 0 Å². The maximum absolute atomic E-state index is 11.4. The molecule has 1 aromatic rings. The summed E-state index contributed by atoms with van der Waals surface area (Å²) < 4.78 is 14.9. The van der Waals surface area contributed by atoms with Crippen molar-refractivity contribution in [2.24, 2.45) is 0 Å². The van der Waals surface area contributed by atoms with E-state index in [1.54, 1.807) is 0 Å². The monoisotopic (exact) mass is 308 g/mol. The van der Waals surface area contributed by atoms with Gasteiger partial charge in [0, 0.05) is 0 Å². The number of ether oxygens (including phenoxy) is 3. The van der Waals surface area contributed by atoms with Crippen LogP contribution in [0.4, 0.5) is 0 Å². The van der Waals surface area contributed by atoms with Gasteiger partial charge in [0.25, 0.3) is 0 Å². The van der Waals surface area contributed by atoms with Crippen molar-refractivity contribution in [3.8, 4) is 0 Å². The number of benzene rings is 1. The number of rotatable bonds is 11. The first-order chi connectivity index (χ1) is 10.7. The molecule has 0 heterocycles. The van der Waals surface area contributed by atoms with Crippen LogP contribution in [0.25, 0.3) is 0 Å². The largest absolute Gasteiger partial charge is 0.464 e. The minimum absolute atomic E-state index is 0.219. The van der Waals surface area contributed by atoms with Crippen molar-refractivity contribution in [1.82, 2.24) is 0 Å². The molecule has 0 unspecified atom stereocenters. The number of carbonyl (C=O) groups is 2. The minimum atomic E-state index is -0.464. The summed E-state index contributed by atoms with van der Waals surface area (Å²) in [5.41, 5.74) is 1.21. The van der Waals surface area contributed by atoms with Gasteiger partial charge in [0.15, 0.2) is 0 Å². The summed E-state index contributed by atoms with van der Waals surface area (Å²) >= 11 is 0. The van der Waals surface area contributed by atoms with Gasteiger partial charge in [0.05, 0.1) is 13.2 Å². The van der Waals surface area contributed by atoms with Crippen LogP contribution in [0.3, 0.4) is 0 Å². The van der Waals surface area contributed by atoms with E-state index >= 15 is 0 Å². The Bertz CT molecular complexity index is 430. The Kier molecular flexibility index (Phi) is 9.70. The van der Waals surface area contributed by atoms with Crippen LogP contribution in [0, 0.1) is 0 Å². The Morgan fingerprint density at radius 2 is 1.50 bits per heavy atom. The van der Waals surface area contributed by atoms with Crippen molar-refractivity contribution in [3.63, 3.8) is 0 Å². The van der Waals surface area contributed by atoms with Crippen LogP contribution >= 0.6 is 0 Å². The second kappa shape index (κ2) is 11.7. The molecule has 5 nitrogen and oxygen atoms in total. The third kappa shape index (κ3) is 9.13. The molecule has 0 saturated heterocycles. The molecule has 0 aliphatic carbocycles. The normalized spacial score (nSPS) is 10.2. The zero-order valence-corrected chi connectivity index (χ0v) is 13.1. The zero-order valence-electron chi connectivity index (χ0n) is 13.1. The van der Waals surface area contributed by atoms with E-state index in [0.29, 0.717) is 13.2 Å². The SMILES string of the molecule is CCCCOC(=O)COCC(=O)OCCCc1ccccc1. The zero-order chi connectivity index (χ0) is 16.0. The Labute approximate surface area is 131 Å². The van der Waals surface area contributed by atoms with E-state index in [1.807, 2.05) is 37.3 Å². The van der Waals surface area contributed by atoms with E-state index in [2.05, 4.69) is 0 Å². The molecule has 1 rings (SSSR count). The molecule has 0 aromatic heterocycles. The van der Waals surface area contributed by atoms with Crippen molar-refractivity contribution < 1.29 is 23.8 Å². The highest BCUT2D eigenvalue weighted by molar-refractivity contribution is 5.73. The molecule has 0 spiro atoms. The Morgan fingerprint density at radius 3 is 2.09 bits per heavy atom. The number of hydrogen-bond donors (Lipinski definition) is 0. The van der Waals surface area contributed by atoms with E-state index in [4.69, 9.17) is 14.2 Å². The van der Waals surface area contributed by atoms with E-state index in [9.17, 15) is 9.59 Å². The minimum Gasteiger partial charge on any atom is -0.464 e. The molecule has 0 atom stereocenters. The summed E-state index contributed by atoms with van der Waals surface area (Å²) in [4.78, 5) is 22.6. The van der Waals surface area contributed by atoms with Gasteiger partial charge in [-0.3, -0.25) is 0 Å². The van der Waals surface area contributed by atoms with Gasteiger partial charge in [-0.15, -0.1) is 0 Å². The van der Waals surface area contributed by atoms with Crippen molar-refractivity contribution in [1.29, 1.82) is 0 Å². The van der Waals surface area contributed by atoms with Gasteiger partial charge in [-0.25, -0.2) is 9.59 Å². The van der Waals surface area contributed by atoms with Crippen LogP contribution in [0.5, 0.6) is 0 Å². The Hall–Kier alpha value is -1.88. The summed E-state index contributed by atoms with van der Waals surface area (Å²) in [5, 5.41) is 0. The molecule has 0 aliphatic rings. The first kappa shape index (κ1) is 18.2. The van der Waals surface area contributed by atoms with Crippen LogP contribution in [0.1, 0.15) is 31.7 Å². The third-order valence-corrected chi connectivity index (χ3v) is 2.92. The topological polar surface area (TPSA) is 61.8 Å². The molecule has 22 heavy (non-hydrogen) atoms. The maximum Gasteiger partial charge on any atom is 0.332 e. The molecule has 122 valence electrons. The molecule has 0 saturated carbocycles. The maximum atomic E-state index is 11.4. The first-order valence-electron chi connectivity index (χ1n) is 7.65. The van der Waals surface area contributed by atoms with Crippen molar-refractivity contribution in [3.05, 3.63) is 35.9 Å². The van der Waals surface area contributed by atoms with Crippen molar-refractivity contribution in [2.45, 2.75) is 32.6 Å². The number of hydrogen-bond acceptors (Lipinski definition) is 5. The van der Waals surface area contributed by atoms with Gasteiger partial charge in [0.2, 0.25) is 0 Å². The fraction of sp³-hybridized carbons (Fsp3) is 0.529. The van der Waals surface area contributed by atoms with Crippen LogP contribution in [0.15, 0.2) is 30.3 Å². The fourth-order valence-corrected chi connectivity index (χ4v) is 1.74. The van der Waals surface area contributed by atoms with Gasteiger partial charge < -0.3 is 14.2 Å². The molecular formula is C17H24O5. The molecule has 0 aliphatic heterocycles. The quantitative estimate of drug-likeness (QED) is 0.464. The standard InChI is InChI=1S/C17H24O5/c1-2-3-11-21-16(18)13-20-14-17(19)22-12-7-10-15-8-5-4-6-9-15/h4-6,8-9H,2-3,7,10-14H2,1H3. The fourth-order valence-electron chi connectivity index (χ4n) is 1.74. The summed E-state index contributed by atoms with van der Waals surface area (Å²) in [7, 11) is 0. The Morgan fingerprint density at radius 1 is 0.909 bits per heavy atom. The summed E-state index contributed by atoms with van der Waals surface area (Å²) in [5.74, 6) is -0.917. The van der Waals surface area contributed by atoms with Gasteiger partial charge in [-0.1, -0.05) is 43.7 Å². The average Bonchev–Trinajstić information content (AvgIpc) is 2.53. The highest BCUT2D eigenvalue weighted by atomic mass is 16.6. The number of aryl methyl sites for hydroxylation is 1. The third-order valence-electron chi connectivity index (χ3n) is 2.92. The lowest BCUT2D eigenvalue weighted by Gasteiger charge is -2.06. The first-order valence-corrected chi connectivity index (χ1v) is 7.65. The van der Waals surface area contributed by atoms with Crippen molar-refractivity contribution >= 4 is 11.9 Å². The second-order valence-corrected chi connectivity index (χ2v) is 4.88. The summed E-state index contributed by atoms with van der Waals surface area (Å²) in [6.45, 7) is 2.30. The van der Waals surface area contributed by atoms with Crippen LogP contribution in [0.2, 0.25) is 0 Å². The molecule has 0 radical (unpaired) electrons. The molecule has 0 fully saturated rings. The van der Waals surface area contributed by atoms with E-state index < -0.39 is 11.9 Å². The van der Waals surface area contributed by atoms with Gasteiger partial charge in [-0.05, 0) is 24.8 Å². The van der Waals surface area contributed by atoms with Crippen LogP contribution < -0.4 is 0 Å².